The van der Waals surface area contributed by atoms with E-state index in [2.05, 4.69) is 15.2 Å². The van der Waals surface area contributed by atoms with Crippen molar-refractivity contribution in [2.24, 2.45) is 0 Å². The molecule has 29 heavy (non-hydrogen) atoms. The Kier molecular flexibility index (Phi) is 6.74. The summed E-state index contributed by atoms with van der Waals surface area (Å²) in [6, 6.07) is 9.32. The highest BCUT2D eigenvalue weighted by Gasteiger charge is 2.31. The van der Waals surface area contributed by atoms with Crippen LogP contribution in [0.15, 0.2) is 36.5 Å². The van der Waals surface area contributed by atoms with Gasteiger partial charge in [0.25, 0.3) is 0 Å². The van der Waals surface area contributed by atoms with Gasteiger partial charge in [-0.2, -0.15) is 0 Å². The molecule has 0 radical (unpaired) electrons. The lowest BCUT2D eigenvalue weighted by Crippen LogP contribution is -2.35. The molecule has 1 saturated carbocycles. The molecule has 1 aromatic carbocycles. The highest BCUT2D eigenvalue weighted by atomic mass is 16.6. The van der Waals surface area contributed by atoms with Crippen LogP contribution in [0.25, 0.3) is 0 Å². The van der Waals surface area contributed by atoms with Gasteiger partial charge in [-0.15, -0.1) is 5.10 Å². The number of aromatic nitrogens is 3. The zero-order valence-corrected chi connectivity index (χ0v) is 16.6. The summed E-state index contributed by atoms with van der Waals surface area (Å²) in [5.41, 5.74) is 0.940. The Morgan fingerprint density at radius 1 is 1.14 bits per heavy atom. The molecule has 1 saturated heterocycles. The molecule has 8 heteroatoms. The van der Waals surface area contributed by atoms with Crippen molar-refractivity contribution in [3.63, 3.8) is 0 Å². The maximum atomic E-state index is 12.3. The number of carbonyl (C=O) groups excluding carboxylic acids is 1. The van der Waals surface area contributed by atoms with Gasteiger partial charge in [0.1, 0.15) is 11.9 Å². The van der Waals surface area contributed by atoms with E-state index in [1.807, 2.05) is 41.2 Å². The van der Waals surface area contributed by atoms with Crippen LogP contribution in [-0.2, 0) is 20.8 Å². The van der Waals surface area contributed by atoms with Gasteiger partial charge in [-0.05, 0) is 31.4 Å². The zero-order chi connectivity index (χ0) is 19.9. The molecule has 2 heterocycles. The van der Waals surface area contributed by atoms with E-state index in [1.54, 1.807) is 0 Å². The van der Waals surface area contributed by atoms with Gasteiger partial charge < -0.3 is 14.2 Å². The number of morpholine rings is 1. The highest BCUT2D eigenvalue weighted by molar-refractivity contribution is 5.71. The first kappa shape index (κ1) is 19.8. The number of hydrogen-bond donors (Lipinski definition) is 0. The molecule has 2 fully saturated rings. The predicted molar refractivity (Wildman–Crippen MR) is 105 cm³/mol. The summed E-state index contributed by atoms with van der Waals surface area (Å²) in [5.74, 6) is 0.313. The van der Waals surface area contributed by atoms with Gasteiger partial charge in [-0.3, -0.25) is 4.90 Å². The van der Waals surface area contributed by atoms with Crippen molar-refractivity contribution in [3.05, 3.63) is 42.2 Å². The van der Waals surface area contributed by atoms with Crippen LogP contribution in [0.4, 0.5) is 0 Å². The molecule has 2 aromatic rings. The van der Waals surface area contributed by atoms with Gasteiger partial charge in [-0.1, -0.05) is 29.8 Å². The fourth-order valence-electron chi connectivity index (χ4n) is 3.92. The van der Waals surface area contributed by atoms with Gasteiger partial charge in [0.05, 0.1) is 31.1 Å². The maximum Gasteiger partial charge on any atom is 0.344 e. The molecule has 0 unspecified atom stereocenters. The van der Waals surface area contributed by atoms with Gasteiger partial charge >= 0.3 is 5.97 Å². The number of benzene rings is 1. The lowest BCUT2D eigenvalue weighted by molar-refractivity contribution is -0.155. The van der Waals surface area contributed by atoms with E-state index in [-0.39, 0.29) is 24.7 Å². The summed E-state index contributed by atoms with van der Waals surface area (Å²) in [6.45, 7) is 4.04. The molecule has 4 rings (SSSR count). The number of ether oxygens (including phenoxy) is 3. The van der Waals surface area contributed by atoms with Crippen molar-refractivity contribution < 1.29 is 19.0 Å². The molecule has 1 aromatic heterocycles. The third kappa shape index (κ3) is 5.55. The highest BCUT2D eigenvalue weighted by Crippen LogP contribution is 2.30. The Labute approximate surface area is 170 Å². The third-order valence-corrected chi connectivity index (χ3v) is 5.44. The van der Waals surface area contributed by atoms with E-state index in [0.717, 1.165) is 64.2 Å². The first-order chi connectivity index (χ1) is 14.3. The summed E-state index contributed by atoms with van der Waals surface area (Å²) in [5, 5.41) is 8.68. The van der Waals surface area contributed by atoms with Crippen LogP contribution in [0.1, 0.15) is 37.4 Å². The number of hydrogen-bond acceptors (Lipinski definition) is 7. The van der Waals surface area contributed by atoms with Crippen LogP contribution in [0.2, 0.25) is 0 Å². The average molecular weight is 400 g/mol. The molecule has 1 aliphatic heterocycles. The zero-order valence-electron chi connectivity index (χ0n) is 16.6. The minimum absolute atomic E-state index is 0.0235. The number of para-hydroxylation sites is 1. The van der Waals surface area contributed by atoms with E-state index in [0.29, 0.717) is 5.75 Å². The summed E-state index contributed by atoms with van der Waals surface area (Å²) in [7, 11) is 0. The summed E-state index contributed by atoms with van der Waals surface area (Å²) in [6.07, 6.45) is 5.69. The van der Waals surface area contributed by atoms with Crippen molar-refractivity contribution in [3.8, 4) is 5.75 Å². The Hall–Kier alpha value is -2.45. The van der Waals surface area contributed by atoms with Crippen LogP contribution < -0.4 is 4.74 Å². The van der Waals surface area contributed by atoms with Crippen molar-refractivity contribution in [2.45, 2.75) is 44.4 Å². The second-order valence-corrected chi connectivity index (χ2v) is 7.56. The van der Waals surface area contributed by atoms with Crippen LogP contribution in [0, 0.1) is 0 Å². The molecular formula is C21H28N4O4. The summed E-state index contributed by atoms with van der Waals surface area (Å²) in [4.78, 5) is 14.6. The smallest absolute Gasteiger partial charge is 0.344 e. The Morgan fingerprint density at radius 3 is 2.76 bits per heavy atom. The molecule has 2 aliphatic rings. The van der Waals surface area contributed by atoms with E-state index in [1.165, 1.54) is 0 Å². The largest absolute Gasteiger partial charge is 0.482 e. The Balaban J connectivity index is 1.33. The van der Waals surface area contributed by atoms with Crippen molar-refractivity contribution in [2.75, 3.05) is 32.9 Å². The standard InChI is InChI=1S/C21H28N4O4/c26-21(16-28-18-6-2-1-3-7-18)29-20-9-5-4-8-19(20)25-15-17(22-23-25)14-24-10-12-27-13-11-24/h1-3,6-7,15,19-20H,4-5,8-14,16H2/t19-,20-/m1/s1. The second-order valence-electron chi connectivity index (χ2n) is 7.56. The lowest BCUT2D eigenvalue weighted by Gasteiger charge is -2.30. The number of rotatable bonds is 7. The molecular weight excluding hydrogens is 372 g/mol. The van der Waals surface area contributed by atoms with Crippen molar-refractivity contribution >= 4 is 5.97 Å². The van der Waals surface area contributed by atoms with E-state index in [4.69, 9.17) is 14.2 Å². The van der Waals surface area contributed by atoms with E-state index >= 15 is 0 Å². The molecule has 156 valence electrons. The Bertz CT molecular complexity index is 776. The predicted octanol–water partition coefficient (Wildman–Crippen LogP) is 2.22. The average Bonchev–Trinajstić information content (AvgIpc) is 3.22. The topological polar surface area (TPSA) is 78.7 Å². The van der Waals surface area contributed by atoms with Crippen LogP contribution >= 0.6 is 0 Å². The molecule has 0 amide bonds. The molecule has 1 aliphatic carbocycles. The number of nitrogens with zero attached hydrogens (tertiary/aromatic N) is 4. The van der Waals surface area contributed by atoms with Crippen LogP contribution in [-0.4, -0.2) is 64.9 Å². The first-order valence-corrected chi connectivity index (χ1v) is 10.4. The maximum absolute atomic E-state index is 12.3. The van der Waals surface area contributed by atoms with Crippen molar-refractivity contribution in [1.29, 1.82) is 0 Å². The normalized spacial score (nSPS) is 22.9. The van der Waals surface area contributed by atoms with Gasteiger partial charge in [0.15, 0.2) is 6.61 Å². The lowest BCUT2D eigenvalue weighted by atomic mass is 9.92. The molecule has 0 spiro atoms. The fourth-order valence-corrected chi connectivity index (χ4v) is 3.92. The van der Waals surface area contributed by atoms with Gasteiger partial charge in [0, 0.05) is 19.6 Å². The molecule has 8 nitrogen and oxygen atoms in total. The molecule has 0 bridgehead atoms. The number of esters is 1. The summed E-state index contributed by atoms with van der Waals surface area (Å²) >= 11 is 0. The minimum atomic E-state index is -0.348. The van der Waals surface area contributed by atoms with Gasteiger partial charge in [-0.25, -0.2) is 9.48 Å². The first-order valence-electron chi connectivity index (χ1n) is 10.4. The van der Waals surface area contributed by atoms with Gasteiger partial charge in [0.2, 0.25) is 0 Å². The fraction of sp³-hybridized carbons (Fsp3) is 0.571. The monoisotopic (exact) mass is 400 g/mol. The summed E-state index contributed by atoms with van der Waals surface area (Å²) < 4.78 is 18.5. The van der Waals surface area contributed by atoms with Crippen LogP contribution in [0.5, 0.6) is 5.75 Å². The molecule has 2 atom stereocenters. The second kappa shape index (κ2) is 9.84. The van der Waals surface area contributed by atoms with Crippen LogP contribution in [0.3, 0.4) is 0 Å². The van der Waals surface area contributed by atoms with E-state index < -0.39 is 0 Å². The number of carbonyl (C=O) groups is 1. The minimum Gasteiger partial charge on any atom is -0.482 e. The SMILES string of the molecule is O=C(COc1ccccc1)O[C@@H]1CCCC[C@H]1n1cc(CN2CCOCC2)nn1. The Morgan fingerprint density at radius 2 is 1.93 bits per heavy atom. The third-order valence-electron chi connectivity index (χ3n) is 5.44. The molecule has 0 N–H and O–H groups in total. The van der Waals surface area contributed by atoms with E-state index in [9.17, 15) is 4.79 Å². The van der Waals surface area contributed by atoms with Crippen molar-refractivity contribution in [1.82, 2.24) is 19.9 Å². The quantitative estimate of drug-likeness (QED) is 0.660.